The number of hydrogen-bond acceptors (Lipinski definition) is 5. The normalized spacial score (nSPS) is 16.1. The highest BCUT2D eigenvalue weighted by Crippen LogP contribution is 2.32. The van der Waals surface area contributed by atoms with Crippen LogP contribution in [0.4, 0.5) is 0 Å². The van der Waals surface area contributed by atoms with Crippen molar-refractivity contribution in [2.45, 2.75) is 37.6 Å². The fraction of sp³-hybridized carbons (Fsp3) is 0.500. The average Bonchev–Trinajstić information content (AvgIpc) is 3.13. The highest BCUT2D eigenvalue weighted by Gasteiger charge is 2.27. The van der Waals surface area contributed by atoms with Crippen molar-refractivity contribution >= 4 is 0 Å². The Labute approximate surface area is 124 Å². The summed E-state index contributed by atoms with van der Waals surface area (Å²) in [5.41, 5.74) is 8.85. The van der Waals surface area contributed by atoms with Crippen molar-refractivity contribution in [3.05, 3.63) is 47.1 Å². The predicted octanol–water partition coefficient (Wildman–Crippen LogP) is 2.38. The molecule has 3 rings (SSSR count). The summed E-state index contributed by atoms with van der Waals surface area (Å²) in [6, 6.07) is 8.30. The van der Waals surface area contributed by atoms with Gasteiger partial charge in [0, 0.05) is 19.6 Å². The molecule has 0 amide bonds. The summed E-state index contributed by atoms with van der Waals surface area (Å²) in [6.45, 7) is 0.701. The topological polar surface area (TPSA) is 74.2 Å². The van der Waals surface area contributed by atoms with Crippen molar-refractivity contribution in [3.8, 4) is 0 Å². The molecule has 1 aliphatic rings. The minimum Gasteiger partial charge on any atom is -0.385 e. The van der Waals surface area contributed by atoms with E-state index < -0.39 is 0 Å². The Morgan fingerprint density at radius 1 is 1.33 bits per heavy atom. The largest absolute Gasteiger partial charge is 0.385 e. The second kappa shape index (κ2) is 6.37. The number of nitrogens with zero attached hydrogens (tertiary/aromatic N) is 2. The Balaban J connectivity index is 1.64. The first-order chi connectivity index (χ1) is 10.3. The maximum atomic E-state index is 6.08. The summed E-state index contributed by atoms with van der Waals surface area (Å²) in [6.07, 6.45) is 3.65. The highest BCUT2D eigenvalue weighted by atomic mass is 16.5. The van der Waals surface area contributed by atoms with E-state index in [1.54, 1.807) is 7.11 Å². The van der Waals surface area contributed by atoms with Crippen LogP contribution in [0.15, 0.2) is 28.8 Å². The van der Waals surface area contributed by atoms with E-state index in [4.69, 9.17) is 15.0 Å². The van der Waals surface area contributed by atoms with Crippen LogP contribution in [0, 0.1) is 0 Å². The monoisotopic (exact) mass is 287 g/mol. The summed E-state index contributed by atoms with van der Waals surface area (Å²) in [5, 5.41) is 4.13. The van der Waals surface area contributed by atoms with Gasteiger partial charge < -0.3 is 15.0 Å². The molecule has 1 unspecified atom stereocenters. The fourth-order valence-electron chi connectivity index (χ4n) is 2.88. The zero-order valence-electron chi connectivity index (χ0n) is 12.3. The molecule has 1 heterocycles. The van der Waals surface area contributed by atoms with E-state index in [9.17, 15) is 0 Å². The van der Waals surface area contributed by atoms with Crippen molar-refractivity contribution in [2.75, 3.05) is 13.7 Å². The van der Waals surface area contributed by atoms with Gasteiger partial charge in [0.05, 0.1) is 6.04 Å². The molecule has 1 aliphatic carbocycles. The lowest BCUT2D eigenvalue weighted by molar-refractivity contribution is 0.188. The van der Waals surface area contributed by atoms with E-state index >= 15 is 0 Å². The summed E-state index contributed by atoms with van der Waals surface area (Å²) in [7, 11) is 1.69. The molecule has 0 bridgehead atoms. The maximum absolute atomic E-state index is 6.08. The maximum Gasteiger partial charge on any atom is 0.243 e. The predicted molar refractivity (Wildman–Crippen MR) is 78.9 cm³/mol. The van der Waals surface area contributed by atoms with E-state index in [-0.39, 0.29) is 6.04 Å². The number of aromatic nitrogens is 2. The number of hydrogen-bond donors (Lipinski definition) is 1. The Bertz CT molecular complexity index is 572. The molecule has 0 fully saturated rings. The molecule has 0 spiro atoms. The number of rotatable bonds is 6. The third-order valence-electron chi connectivity index (χ3n) is 4.05. The minimum absolute atomic E-state index is 0.204. The lowest BCUT2D eigenvalue weighted by atomic mass is 10.1. The van der Waals surface area contributed by atoms with Crippen LogP contribution in [0.3, 0.4) is 0 Å². The van der Waals surface area contributed by atoms with E-state index in [2.05, 4.69) is 34.4 Å². The van der Waals surface area contributed by atoms with Crippen LogP contribution in [0.5, 0.6) is 0 Å². The molecule has 1 aromatic heterocycles. The van der Waals surface area contributed by atoms with Gasteiger partial charge in [0.1, 0.15) is 0 Å². The van der Waals surface area contributed by atoms with Crippen molar-refractivity contribution in [2.24, 2.45) is 5.73 Å². The minimum atomic E-state index is -0.204. The second-order valence-electron chi connectivity index (χ2n) is 5.61. The first kappa shape index (κ1) is 14.2. The molecule has 1 atom stereocenters. The van der Waals surface area contributed by atoms with Crippen molar-refractivity contribution in [3.63, 3.8) is 0 Å². The van der Waals surface area contributed by atoms with Gasteiger partial charge in [-0.05, 0) is 36.8 Å². The molecule has 0 saturated carbocycles. The van der Waals surface area contributed by atoms with Crippen LogP contribution in [0.25, 0.3) is 0 Å². The molecule has 5 nitrogen and oxygen atoms in total. The lowest BCUT2D eigenvalue weighted by Gasteiger charge is -2.05. The van der Waals surface area contributed by atoms with Crippen LogP contribution < -0.4 is 5.73 Å². The zero-order chi connectivity index (χ0) is 14.7. The highest BCUT2D eigenvalue weighted by molar-refractivity contribution is 5.34. The number of benzene rings is 1. The third kappa shape index (κ3) is 3.14. The van der Waals surface area contributed by atoms with Gasteiger partial charge in [0.25, 0.3) is 0 Å². The number of fused-ring (bicyclic) bond motifs is 1. The molecule has 1 aromatic carbocycles. The van der Waals surface area contributed by atoms with Gasteiger partial charge in [-0.15, -0.1) is 0 Å². The quantitative estimate of drug-likeness (QED) is 0.826. The summed E-state index contributed by atoms with van der Waals surface area (Å²) < 4.78 is 10.4. The van der Waals surface area contributed by atoms with Crippen molar-refractivity contribution in [1.82, 2.24) is 10.1 Å². The van der Waals surface area contributed by atoms with Gasteiger partial charge in [0.15, 0.2) is 5.82 Å². The molecule has 2 N–H and O–H groups in total. The summed E-state index contributed by atoms with van der Waals surface area (Å²) in [4.78, 5) is 4.51. The van der Waals surface area contributed by atoms with Gasteiger partial charge in [0.2, 0.25) is 5.89 Å². The first-order valence-corrected chi connectivity index (χ1v) is 7.42. The van der Waals surface area contributed by atoms with Crippen molar-refractivity contribution < 1.29 is 9.26 Å². The lowest BCUT2D eigenvalue weighted by Crippen LogP contribution is -2.12. The van der Waals surface area contributed by atoms with E-state index in [1.807, 2.05) is 0 Å². The fourth-order valence-corrected chi connectivity index (χ4v) is 2.88. The molecular weight excluding hydrogens is 266 g/mol. The Morgan fingerprint density at radius 3 is 2.71 bits per heavy atom. The van der Waals surface area contributed by atoms with E-state index in [0.717, 1.165) is 31.5 Å². The Kier molecular flexibility index (Phi) is 4.31. The molecular formula is C16H21N3O2. The number of ether oxygens (including phenoxy) is 1. The average molecular weight is 287 g/mol. The molecule has 21 heavy (non-hydrogen) atoms. The first-order valence-electron chi connectivity index (χ1n) is 7.42. The van der Waals surface area contributed by atoms with Crippen LogP contribution in [0.1, 0.15) is 47.6 Å². The van der Waals surface area contributed by atoms with Crippen LogP contribution in [-0.2, 0) is 17.6 Å². The molecule has 2 aromatic rings. The SMILES string of the molecule is COCCCC(N)c1nc(C2Cc3ccccc3C2)no1. The van der Waals surface area contributed by atoms with Gasteiger partial charge in [-0.1, -0.05) is 29.4 Å². The smallest absolute Gasteiger partial charge is 0.243 e. The van der Waals surface area contributed by atoms with Crippen LogP contribution >= 0.6 is 0 Å². The Morgan fingerprint density at radius 2 is 2.05 bits per heavy atom. The van der Waals surface area contributed by atoms with Crippen molar-refractivity contribution in [1.29, 1.82) is 0 Å². The summed E-state index contributed by atoms with van der Waals surface area (Å²) in [5.74, 6) is 1.63. The van der Waals surface area contributed by atoms with E-state index in [0.29, 0.717) is 18.4 Å². The molecule has 0 radical (unpaired) electrons. The third-order valence-corrected chi connectivity index (χ3v) is 4.05. The molecule has 0 aliphatic heterocycles. The van der Waals surface area contributed by atoms with E-state index in [1.165, 1.54) is 11.1 Å². The van der Waals surface area contributed by atoms with Crippen LogP contribution in [-0.4, -0.2) is 23.9 Å². The zero-order valence-corrected chi connectivity index (χ0v) is 12.3. The van der Waals surface area contributed by atoms with Gasteiger partial charge in [-0.2, -0.15) is 4.98 Å². The van der Waals surface area contributed by atoms with Gasteiger partial charge >= 0.3 is 0 Å². The second-order valence-corrected chi connectivity index (χ2v) is 5.61. The van der Waals surface area contributed by atoms with Crippen LogP contribution in [0.2, 0.25) is 0 Å². The summed E-state index contributed by atoms with van der Waals surface area (Å²) >= 11 is 0. The van der Waals surface area contributed by atoms with Gasteiger partial charge in [-0.3, -0.25) is 0 Å². The molecule has 5 heteroatoms. The number of methoxy groups -OCH3 is 1. The molecule has 0 saturated heterocycles. The van der Waals surface area contributed by atoms with Gasteiger partial charge in [-0.25, -0.2) is 0 Å². The standard InChI is InChI=1S/C16H21N3O2/c1-20-8-4-7-14(17)16-18-15(19-21-16)13-9-11-5-2-3-6-12(11)10-13/h2-3,5-6,13-14H,4,7-10,17H2,1H3. The Hall–Kier alpha value is -1.72. The molecule has 112 valence electrons. The number of nitrogens with two attached hydrogens (primary N) is 1.